The number of fused-ring (bicyclic) bond motifs is 3. The van der Waals surface area contributed by atoms with Gasteiger partial charge in [0, 0.05) is 37.1 Å². The smallest absolute Gasteiger partial charge is 0.323 e. The van der Waals surface area contributed by atoms with E-state index < -0.39 is 16.1 Å². The van der Waals surface area contributed by atoms with E-state index in [4.69, 9.17) is 4.74 Å². The van der Waals surface area contributed by atoms with Gasteiger partial charge in [0.1, 0.15) is 6.04 Å². The highest BCUT2D eigenvalue weighted by Gasteiger charge is 2.34. The number of benzene rings is 2. The van der Waals surface area contributed by atoms with Crippen LogP contribution in [0, 0.1) is 0 Å². The van der Waals surface area contributed by atoms with Gasteiger partial charge in [-0.15, -0.1) is 0 Å². The highest BCUT2D eigenvalue weighted by atomic mass is 32.2. The molecule has 4 rings (SSSR count). The zero-order valence-corrected chi connectivity index (χ0v) is 17.3. The second-order valence-corrected chi connectivity index (χ2v) is 9.45. The summed E-state index contributed by atoms with van der Waals surface area (Å²) in [5, 5.41) is 4.43. The van der Waals surface area contributed by atoms with Crippen molar-refractivity contribution in [2.75, 3.05) is 21.2 Å². The van der Waals surface area contributed by atoms with Gasteiger partial charge < -0.3 is 9.72 Å². The highest BCUT2D eigenvalue weighted by Crippen LogP contribution is 2.35. The molecule has 1 aromatic heterocycles. The quantitative estimate of drug-likeness (QED) is 0.640. The SMILES string of the molecule is COC(=O)C1Cc2c([nH]c3ccccc23)C(c2ccc(S(=O)(=O)N(C)C)cc2)N1. The molecule has 3 aromatic rings. The zero-order valence-electron chi connectivity index (χ0n) is 16.5. The van der Waals surface area contributed by atoms with Gasteiger partial charge in [-0.2, -0.15) is 0 Å². The van der Waals surface area contributed by atoms with Crippen LogP contribution in [0.15, 0.2) is 53.4 Å². The monoisotopic (exact) mass is 413 g/mol. The van der Waals surface area contributed by atoms with Crippen LogP contribution >= 0.6 is 0 Å². The van der Waals surface area contributed by atoms with Crippen molar-refractivity contribution in [3.05, 3.63) is 65.4 Å². The van der Waals surface area contributed by atoms with Crippen molar-refractivity contribution in [2.45, 2.75) is 23.4 Å². The van der Waals surface area contributed by atoms with E-state index in [1.807, 2.05) is 24.3 Å². The molecular formula is C21H23N3O4S. The standard InChI is InChI=1S/C21H23N3O4S/c1-24(2)29(26,27)14-10-8-13(9-11-14)19-20-16(12-18(23-19)21(25)28-3)15-6-4-5-7-17(15)22-20/h4-11,18-19,22-23H,12H2,1-3H3. The van der Waals surface area contributed by atoms with E-state index in [1.54, 1.807) is 24.3 Å². The average Bonchev–Trinajstić information content (AvgIpc) is 3.11. The predicted octanol–water partition coefficient (Wildman–Crippen LogP) is 2.19. The molecule has 0 spiro atoms. The summed E-state index contributed by atoms with van der Waals surface area (Å²) in [5.74, 6) is -0.322. The molecule has 0 aliphatic carbocycles. The van der Waals surface area contributed by atoms with Gasteiger partial charge in [0.05, 0.1) is 18.0 Å². The van der Waals surface area contributed by atoms with Crippen LogP contribution in [0.4, 0.5) is 0 Å². The average molecular weight is 413 g/mol. The summed E-state index contributed by atoms with van der Waals surface area (Å²) in [6.07, 6.45) is 0.523. The lowest BCUT2D eigenvalue weighted by Crippen LogP contribution is -2.45. The molecule has 29 heavy (non-hydrogen) atoms. The first-order valence-electron chi connectivity index (χ1n) is 9.28. The molecule has 7 nitrogen and oxygen atoms in total. The van der Waals surface area contributed by atoms with Crippen molar-refractivity contribution < 1.29 is 17.9 Å². The Morgan fingerprint density at radius 1 is 1.10 bits per heavy atom. The largest absolute Gasteiger partial charge is 0.468 e. The lowest BCUT2D eigenvalue weighted by atomic mass is 9.90. The first-order chi connectivity index (χ1) is 13.8. The highest BCUT2D eigenvalue weighted by molar-refractivity contribution is 7.89. The molecule has 2 aromatic carbocycles. The number of H-pyrrole nitrogens is 1. The van der Waals surface area contributed by atoms with Gasteiger partial charge in [-0.3, -0.25) is 10.1 Å². The number of nitrogens with one attached hydrogen (secondary N) is 2. The summed E-state index contributed by atoms with van der Waals surface area (Å²) in [7, 11) is 0.884. The predicted molar refractivity (Wildman–Crippen MR) is 110 cm³/mol. The Morgan fingerprint density at radius 2 is 1.79 bits per heavy atom. The Kier molecular flexibility index (Phi) is 4.94. The molecule has 2 heterocycles. The van der Waals surface area contributed by atoms with Gasteiger partial charge in [-0.05, 0) is 29.3 Å². The summed E-state index contributed by atoms with van der Waals surface area (Å²) in [4.78, 5) is 16.0. The van der Waals surface area contributed by atoms with Crippen LogP contribution in [0.1, 0.15) is 22.9 Å². The van der Waals surface area contributed by atoms with Crippen LogP contribution in [-0.2, 0) is 26.0 Å². The number of carbonyl (C=O) groups is 1. The van der Waals surface area contributed by atoms with E-state index in [-0.39, 0.29) is 16.9 Å². The molecule has 0 radical (unpaired) electrons. The molecule has 1 aliphatic rings. The van der Waals surface area contributed by atoms with Crippen molar-refractivity contribution in [2.24, 2.45) is 0 Å². The zero-order chi connectivity index (χ0) is 20.8. The van der Waals surface area contributed by atoms with Gasteiger partial charge in [0.25, 0.3) is 0 Å². The molecule has 0 saturated heterocycles. The Morgan fingerprint density at radius 3 is 2.45 bits per heavy atom. The second kappa shape index (κ2) is 7.29. The Balaban J connectivity index is 1.80. The van der Waals surface area contributed by atoms with Crippen molar-refractivity contribution in [3.8, 4) is 0 Å². The summed E-state index contributed by atoms with van der Waals surface area (Å²) in [6.45, 7) is 0. The van der Waals surface area contributed by atoms with Gasteiger partial charge in [-0.25, -0.2) is 12.7 Å². The van der Waals surface area contributed by atoms with Gasteiger partial charge in [0.15, 0.2) is 0 Å². The van der Waals surface area contributed by atoms with Crippen LogP contribution in [0.2, 0.25) is 0 Å². The third-order valence-corrected chi connectivity index (χ3v) is 7.22. The normalized spacial score (nSPS) is 19.3. The van der Waals surface area contributed by atoms with Crippen LogP contribution < -0.4 is 5.32 Å². The van der Waals surface area contributed by atoms with Crippen LogP contribution in [-0.4, -0.2) is 50.9 Å². The number of aromatic nitrogens is 1. The first kappa shape index (κ1) is 19.6. The second-order valence-electron chi connectivity index (χ2n) is 7.30. The number of nitrogens with zero attached hydrogens (tertiary/aromatic N) is 1. The van der Waals surface area contributed by atoms with Crippen LogP contribution in [0.5, 0.6) is 0 Å². The first-order valence-corrected chi connectivity index (χ1v) is 10.7. The Hall–Kier alpha value is -2.68. The van der Waals surface area contributed by atoms with E-state index in [1.165, 1.54) is 25.5 Å². The lowest BCUT2D eigenvalue weighted by molar-refractivity contribution is -0.143. The van der Waals surface area contributed by atoms with Crippen molar-refractivity contribution in [3.63, 3.8) is 0 Å². The van der Waals surface area contributed by atoms with E-state index in [2.05, 4.69) is 10.3 Å². The molecule has 8 heteroatoms. The van der Waals surface area contributed by atoms with Crippen LogP contribution in [0.25, 0.3) is 10.9 Å². The van der Waals surface area contributed by atoms with Crippen LogP contribution in [0.3, 0.4) is 0 Å². The maximum Gasteiger partial charge on any atom is 0.323 e. The minimum Gasteiger partial charge on any atom is -0.468 e. The molecule has 2 N–H and O–H groups in total. The topological polar surface area (TPSA) is 91.5 Å². The molecule has 0 bridgehead atoms. The molecule has 2 atom stereocenters. The number of carbonyl (C=O) groups excluding carboxylic acids is 1. The number of methoxy groups -OCH3 is 1. The Labute approximate surface area is 169 Å². The number of para-hydroxylation sites is 1. The van der Waals surface area contributed by atoms with Gasteiger partial charge in [0.2, 0.25) is 10.0 Å². The third-order valence-electron chi connectivity index (χ3n) is 5.39. The number of esters is 1. The van der Waals surface area contributed by atoms with E-state index in [0.29, 0.717) is 6.42 Å². The summed E-state index contributed by atoms with van der Waals surface area (Å²) in [6, 6.07) is 14.0. The Bertz CT molecular complexity index is 1170. The number of hydrogen-bond donors (Lipinski definition) is 2. The maximum absolute atomic E-state index is 12.4. The summed E-state index contributed by atoms with van der Waals surface area (Å²) >= 11 is 0. The van der Waals surface area contributed by atoms with Gasteiger partial charge in [-0.1, -0.05) is 30.3 Å². The number of ether oxygens (including phenoxy) is 1. The van der Waals surface area contributed by atoms with E-state index >= 15 is 0 Å². The fourth-order valence-corrected chi connectivity index (χ4v) is 4.74. The van der Waals surface area contributed by atoms with E-state index in [0.717, 1.165) is 27.7 Å². The molecule has 0 amide bonds. The number of rotatable bonds is 4. The molecule has 0 fully saturated rings. The molecular weight excluding hydrogens is 390 g/mol. The molecule has 152 valence electrons. The minimum absolute atomic E-state index is 0.225. The molecule has 2 unspecified atom stereocenters. The minimum atomic E-state index is -3.50. The number of hydrogen-bond acceptors (Lipinski definition) is 5. The number of aromatic amines is 1. The number of sulfonamides is 1. The summed E-state index contributed by atoms with van der Waals surface area (Å²) in [5.41, 5.74) is 3.92. The molecule has 0 saturated carbocycles. The maximum atomic E-state index is 12.4. The summed E-state index contributed by atoms with van der Waals surface area (Å²) < 4.78 is 30.9. The van der Waals surface area contributed by atoms with Gasteiger partial charge >= 0.3 is 5.97 Å². The fourth-order valence-electron chi connectivity index (χ4n) is 3.83. The van der Waals surface area contributed by atoms with Crippen molar-refractivity contribution in [1.29, 1.82) is 0 Å². The lowest BCUT2D eigenvalue weighted by Gasteiger charge is -2.30. The van der Waals surface area contributed by atoms with E-state index in [9.17, 15) is 13.2 Å². The molecule has 1 aliphatic heterocycles. The van der Waals surface area contributed by atoms with Crippen molar-refractivity contribution >= 4 is 26.9 Å². The van der Waals surface area contributed by atoms with Crippen molar-refractivity contribution in [1.82, 2.24) is 14.6 Å². The fraction of sp³-hybridized carbons (Fsp3) is 0.286. The third kappa shape index (κ3) is 3.33.